The van der Waals surface area contributed by atoms with E-state index < -0.39 is 0 Å². The van der Waals surface area contributed by atoms with Crippen LogP contribution in [0.4, 0.5) is 4.39 Å². The second-order valence-corrected chi connectivity index (χ2v) is 8.62. The van der Waals surface area contributed by atoms with Crippen LogP contribution in [0.5, 0.6) is 0 Å². The fourth-order valence-corrected chi connectivity index (χ4v) is 5.14. The van der Waals surface area contributed by atoms with Crippen molar-refractivity contribution in [1.82, 2.24) is 19.7 Å². The topological polar surface area (TPSA) is 51.0 Å². The van der Waals surface area contributed by atoms with Gasteiger partial charge in [-0.3, -0.25) is 9.36 Å². The van der Waals surface area contributed by atoms with E-state index in [-0.39, 0.29) is 17.8 Å². The molecule has 0 spiro atoms. The number of aromatic nitrogens is 3. The summed E-state index contributed by atoms with van der Waals surface area (Å²) >= 11 is 1.44. The zero-order valence-corrected chi connectivity index (χ0v) is 17.0. The van der Waals surface area contributed by atoms with Crippen molar-refractivity contribution in [3.05, 3.63) is 30.1 Å². The minimum Gasteiger partial charge on any atom is -0.342 e. The maximum Gasteiger partial charge on any atom is 0.233 e. The average molecular weight is 403 g/mol. The first-order chi connectivity index (χ1) is 13.7. The van der Waals surface area contributed by atoms with E-state index in [0.717, 1.165) is 56.8 Å². The molecule has 0 bridgehead atoms. The highest BCUT2D eigenvalue weighted by atomic mass is 32.2. The molecule has 150 valence electrons. The number of rotatable bonds is 5. The molecule has 2 aromatic rings. The van der Waals surface area contributed by atoms with Crippen molar-refractivity contribution < 1.29 is 9.18 Å². The SMILES string of the molecule is O=C(CSc1nnc(-c2ccccc2F)n1C1CCCCC1)N1CCCCC1. The van der Waals surface area contributed by atoms with Gasteiger partial charge < -0.3 is 4.90 Å². The second-order valence-electron chi connectivity index (χ2n) is 7.68. The summed E-state index contributed by atoms with van der Waals surface area (Å²) in [5, 5.41) is 9.44. The van der Waals surface area contributed by atoms with Crippen molar-refractivity contribution in [2.24, 2.45) is 0 Å². The number of nitrogens with zero attached hydrogens (tertiary/aromatic N) is 4. The molecule has 2 fully saturated rings. The van der Waals surface area contributed by atoms with E-state index in [4.69, 9.17) is 0 Å². The summed E-state index contributed by atoms with van der Waals surface area (Å²) in [6.45, 7) is 1.71. The second kappa shape index (κ2) is 9.07. The zero-order valence-electron chi connectivity index (χ0n) is 16.1. The van der Waals surface area contributed by atoms with Crippen molar-refractivity contribution in [2.45, 2.75) is 62.6 Å². The van der Waals surface area contributed by atoms with Gasteiger partial charge in [-0.1, -0.05) is 43.2 Å². The van der Waals surface area contributed by atoms with Gasteiger partial charge in [0.15, 0.2) is 11.0 Å². The molecule has 1 aromatic heterocycles. The van der Waals surface area contributed by atoms with Crippen LogP contribution >= 0.6 is 11.8 Å². The fourth-order valence-electron chi connectivity index (χ4n) is 4.23. The first kappa shape index (κ1) is 19.4. The maximum atomic E-state index is 14.4. The molecule has 5 nitrogen and oxygen atoms in total. The Morgan fingerprint density at radius 3 is 2.50 bits per heavy atom. The molecule has 7 heteroatoms. The number of piperidine rings is 1. The van der Waals surface area contributed by atoms with Gasteiger partial charge in [-0.2, -0.15) is 0 Å². The van der Waals surface area contributed by atoms with Crippen molar-refractivity contribution in [2.75, 3.05) is 18.8 Å². The smallest absolute Gasteiger partial charge is 0.233 e. The summed E-state index contributed by atoms with van der Waals surface area (Å²) in [4.78, 5) is 14.5. The highest BCUT2D eigenvalue weighted by molar-refractivity contribution is 7.99. The minimum absolute atomic E-state index is 0.162. The molecule has 1 saturated carbocycles. The van der Waals surface area contributed by atoms with Crippen LogP contribution in [0.25, 0.3) is 11.4 Å². The quantitative estimate of drug-likeness (QED) is 0.681. The Labute approximate surface area is 169 Å². The van der Waals surface area contributed by atoms with Gasteiger partial charge in [0.2, 0.25) is 5.91 Å². The molecule has 1 saturated heterocycles. The average Bonchev–Trinajstić information content (AvgIpc) is 3.17. The van der Waals surface area contributed by atoms with Gasteiger partial charge in [0.25, 0.3) is 0 Å². The Morgan fingerprint density at radius 1 is 1.04 bits per heavy atom. The van der Waals surface area contributed by atoms with Gasteiger partial charge in [0.1, 0.15) is 5.82 Å². The third-order valence-electron chi connectivity index (χ3n) is 5.75. The van der Waals surface area contributed by atoms with E-state index in [2.05, 4.69) is 14.8 Å². The van der Waals surface area contributed by atoms with Crippen molar-refractivity contribution in [1.29, 1.82) is 0 Å². The zero-order chi connectivity index (χ0) is 19.3. The van der Waals surface area contributed by atoms with E-state index in [0.29, 0.717) is 17.1 Å². The van der Waals surface area contributed by atoms with Gasteiger partial charge in [-0.25, -0.2) is 4.39 Å². The highest BCUT2D eigenvalue weighted by Gasteiger charge is 2.26. The Bertz CT molecular complexity index is 812. The standard InChI is InChI=1S/C21H27FN4OS/c22-18-12-6-5-11-17(18)20-23-24-21(26(20)16-9-3-1-4-10-16)28-15-19(27)25-13-7-2-8-14-25/h5-6,11-12,16H,1-4,7-10,13-15H2. The number of carbonyl (C=O) groups excluding carboxylic acids is 1. The maximum absolute atomic E-state index is 14.4. The molecule has 1 aliphatic carbocycles. The molecule has 1 aliphatic heterocycles. The van der Waals surface area contributed by atoms with E-state index >= 15 is 0 Å². The number of hydrogen-bond acceptors (Lipinski definition) is 4. The number of halogens is 1. The summed E-state index contributed by atoms with van der Waals surface area (Å²) in [5.74, 6) is 0.823. The van der Waals surface area contributed by atoms with E-state index in [1.165, 1.54) is 30.7 Å². The summed E-state index contributed by atoms with van der Waals surface area (Å²) in [5.41, 5.74) is 0.481. The molecule has 1 amide bonds. The third kappa shape index (κ3) is 4.24. The number of likely N-dealkylation sites (tertiary alicyclic amines) is 1. The van der Waals surface area contributed by atoms with Crippen LogP contribution in [-0.4, -0.2) is 44.4 Å². The van der Waals surface area contributed by atoms with Gasteiger partial charge in [0, 0.05) is 19.1 Å². The van der Waals surface area contributed by atoms with Gasteiger partial charge in [-0.05, 0) is 44.2 Å². The normalized spacial score (nSPS) is 18.4. The number of benzene rings is 1. The molecule has 0 atom stereocenters. The Hall–Kier alpha value is -1.89. The molecule has 28 heavy (non-hydrogen) atoms. The lowest BCUT2D eigenvalue weighted by atomic mass is 9.95. The van der Waals surface area contributed by atoms with E-state index in [1.54, 1.807) is 12.1 Å². The van der Waals surface area contributed by atoms with Crippen LogP contribution < -0.4 is 0 Å². The van der Waals surface area contributed by atoms with Crippen molar-refractivity contribution in [3.8, 4) is 11.4 Å². The third-order valence-corrected chi connectivity index (χ3v) is 6.68. The minimum atomic E-state index is -0.284. The first-order valence-corrected chi connectivity index (χ1v) is 11.3. The van der Waals surface area contributed by atoms with Gasteiger partial charge >= 0.3 is 0 Å². The van der Waals surface area contributed by atoms with E-state index in [9.17, 15) is 9.18 Å². The Morgan fingerprint density at radius 2 is 1.75 bits per heavy atom. The Kier molecular flexibility index (Phi) is 6.29. The van der Waals surface area contributed by atoms with Crippen LogP contribution in [-0.2, 0) is 4.79 Å². The molecular weight excluding hydrogens is 375 g/mol. The fraction of sp³-hybridized carbons (Fsp3) is 0.571. The lowest BCUT2D eigenvalue weighted by molar-refractivity contribution is -0.129. The predicted molar refractivity (Wildman–Crippen MR) is 109 cm³/mol. The molecular formula is C21H27FN4OS. The van der Waals surface area contributed by atoms with E-state index in [1.807, 2.05) is 11.0 Å². The molecule has 4 rings (SSSR count). The van der Waals surface area contributed by atoms with Crippen LogP contribution in [0.3, 0.4) is 0 Å². The lowest BCUT2D eigenvalue weighted by Crippen LogP contribution is -2.36. The van der Waals surface area contributed by atoms with Crippen molar-refractivity contribution in [3.63, 3.8) is 0 Å². The molecule has 0 radical (unpaired) electrons. The van der Waals surface area contributed by atoms with Crippen molar-refractivity contribution >= 4 is 17.7 Å². The van der Waals surface area contributed by atoms with Gasteiger partial charge in [-0.15, -0.1) is 10.2 Å². The number of carbonyl (C=O) groups is 1. The highest BCUT2D eigenvalue weighted by Crippen LogP contribution is 2.36. The van der Waals surface area contributed by atoms with Crippen LogP contribution in [0.2, 0.25) is 0 Å². The molecule has 2 aliphatic rings. The lowest BCUT2D eigenvalue weighted by Gasteiger charge is -2.27. The largest absolute Gasteiger partial charge is 0.342 e. The van der Waals surface area contributed by atoms with Gasteiger partial charge in [0.05, 0.1) is 11.3 Å². The number of thioether (sulfide) groups is 1. The predicted octanol–water partition coefficient (Wildman–Crippen LogP) is 4.69. The number of hydrogen-bond donors (Lipinski definition) is 0. The summed E-state index contributed by atoms with van der Waals surface area (Å²) in [7, 11) is 0. The molecule has 2 heterocycles. The summed E-state index contributed by atoms with van der Waals surface area (Å²) < 4.78 is 16.5. The Balaban J connectivity index is 1.58. The van der Waals surface area contributed by atoms with Crippen LogP contribution in [0, 0.1) is 5.82 Å². The molecule has 1 aromatic carbocycles. The van der Waals surface area contributed by atoms with Crippen LogP contribution in [0.15, 0.2) is 29.4 Å². The summed E-state index contributed by atoms with van der Waals surface area (Å²) in [6, 6.07) is 7.00. The molecule has 0 unspecified atom stereocenters. The number of amides is 1. The first-order valence-electron chi connectivity index (χ1n) is 10.3. The summed E-state index contributed by atoms with van der Waals surface area (Å²) in [6.07, 6.45) is 9.05. The van der Waals surface area contributed by atoms with Crippen LogP contribution in [0.1, 0.15) is 57.4 Å². The molecule has 0 N–H and O–H groups in total. The monoisotopic (exact) mass is 402 g/mol.